The van der Waals surface area contributed by atoms with Crippen LogP contribution in [-0.2, 0) is 0 Å². The van der Waals surface area contributed by atoms with Crippen LogP contribution in [0.3, 0.4) is 0 Å². The van der Waals surface area contributed by atoms with Gasteiger partial charge < -0.3 is 9.72 Å². The fourth-order valence-corrected chi connectivity index (χ4v) is 1.88. The van der Waals surface area contributed by atoms with Crippen molar-refractivity contribution in [1.82, 2.24) is 9.97 Å². The molecule has 0 saturated heterocycles. The molecule has 0 radical (unpaired) electrons. The van der Waals surface area contributed by atoms with Crippen LogP contribution in [0.2, 0.25) is 0 Å². The largest absolute Gasteiger partial charge is 0.495 e. The van der Waals surface area contributed by atoms with Gasteiger partial charge in [-0.2, -0.15) is 0 Å². The molecule has 0 aliphatic heterocycles. The van der Waals surface area contributed by atoms with Crippen LogP contribution in [0.15, 0.2) is 36.5 Å². The smallest absolute Gasteiger partial charge is 0.143 e. The Morgan fingerprint density at radius 2 is 2.13 bits per heavy atom. The summed E-state index contributed by atoms with van der Waals surface area (Å²) in [5, 5.41) is 1.10. The van der Waals surface area contributed by atoms with Gasteiger partial charge in [0.15, 0.2) is 0 Å². The van der Waals surface area contributed by atoms with Crippen molar-refractivity contribution in [3.8, 4) is 5.75 Å². The monoisotopic (exact) mass is 198 g/mol. The highest BCUT2D eigenvalue weighted by molar-refractivity contribution is 6.06. The van der Waals surface area contributed by atoms with Gasteiger partial charge in [0.2, 0.25) is 0 Å². The fraction of sp³-hybridized carbons (Fsp3) is 0.0833. The Kier molecular flexibility index (Phi) is 1.65. The lowest BCUT2D eigenvalue weighted by atomic mass is 10.2. The molecule has 15 heavy (non-hydrogen) atoms. The molecule has 3 rings (SSSR count). The molecule has 0 aliphatic rings. The Morgan fingerprint density at radius 1 is 1.20 bits per heavy atom. The van der Waals surface area contributed by atoms with E-state index in [1.807, 2.05) is 30.3 Å². The Morgan fingerprint density at radius 3 is 3.00 bits per heavy atom. The van der Waals surface area contributed by atoms with E-state index in [0.29, 0.717) is 0 Å². The number of hydrogen-bond acceptors (Lipinski definition) is 2. The number of para-hydroxylation sites is 1. The summed E-state index contributed by atoms with van der Waals surface area (Å²) in [7, 11) is 1.67. The first-order chi connectivity index (χ1) is 7.40. The third-order valence-corrected chi connectivity index (χ3v) is 2.57. The third kappa shape index (κ3) is 1.09. The van der Waals surface area contributed by atoms with E-state index in [-0.39, 0.29) is 0 Å². The molecule has 0 spiro atoms. The van der Waals surface area contributed by atoms with Gasteiger partial charge in [0.25, 0.3) is 0 Å². The molecule has 3 nitrogen and oxygen atoms in total. The molecule has 3 heteroatoms. The lowest BCUT2D eigenvalue weighted by molar-refractivity contribution is 0.419. The number of H-pyrrole nitrogens is 1. The topological polar surface area (TPSA) is 37.9 Å². The van der Waals surface area contributed by atoms with Crippen molar-refractivity contribution < 1.29 is 4.74 Å². The van der Waals surface area contributed by atoms with Crippen molar-refractivity contribution in [3.05, 3.63) is 36.5 Å². The molecule has 0 fully saturated rings. The molecule has 0 saturated carbocycles. The van der Waals surface area contributed by atoms with Crippen molar-refractivity contribution in [2.45, 2.75) is 0 Å². The predicted molar refractivity (Wildman–Crippen MR) is 60.2 cm³/mol. The number of fused-ring (bicyclic) bond motifs is 3. The summed E-state index contributed by atoms with van der Waals surface area (Å²) >= 11 is 0. The van der Waals surface area contributed by atoms with Crippen LogP contribution in [0.1, 0.15) is 0 Å². The average molecular weight is 198 g/mol. The highest BCUT2D eigenvalue weighted by Gasteiger charge is 2.07. The Bertz CT molecular complexity index is 628. The molecule has 2 aromatic heterocycles. The molecule has 2 heterocycles. The number of benzene rings is 1. The van der Waals surface area contributed by atoms with Crippen molar-refractivity contribution in [2.24, 2.45) is 0 Å². The number of aromatic amines is 1. The summed E-state index contributed by atoms with van der Waals surface area (Å²) in [4.78, 5) is 7.67. The van der Waals surface area contributed by atoms with Crippen molar-refractivity contribution in [2.75, 3.05) is 7.11 Å². The quantitative estimate of drug-likeness (QED) is 0.652. The summed E-state index contributed by atoms with van der Waals surface area (Å²) in [5.41, 5.74) is 3.04. The fourth-order valence-electron chi connectivity index (χ4n) is 1.88. The van der Waals surface area contributed by atoms with Crippen molar-refractivity contribution in [3.63, 3.8) is 0 Å². The highest BCUT2D eigenvalue weighted by Crippen LogP contribution is 2.29. The predicted octanol–water partition coefficient (Wildman–Crippen LogP) is 2.72. The van der Waals surface area contributed by atoms with Gasteiger partial charge in [-0.3, -0.25) is 4.98 Å². The number of rotatable bonds is 1. The number of pyridine rings is 1. The molecule has 0 unspecified atom stereocenters. The van der Waals surface area contributed by atoms with Crippen LogP contribution >= 0.6 is 0 Å². The zero-order chi connectivity index (χ0) is 10.3. The van der Waals surface area contributed by atoms with Crippen LogP contribution in [0.4, 0.5) is 0 Å². The zero-order valence-electron chi connectivity index (χ0n) is 8.32. The Labute approximate surface area is 86.7 Å². The van der Waals surface area contributed by atoms with E-state index in [4.69, 9.17) is 4.74 Å². The minimum Gasteiger partial charge on any atom is -0.495 e. The summed E-state index contributed by atoms with van der Waals surface area (Å²) in [6.07, 6.45) is 1.80. The molecule has 1 N–H and O–H groups in total. The maximum absolute atomic E-state index is 5.30. The van der Waals surface area contributed by atoms with Gasteiger partial charge in [-0.1, -0.05) is 12.1 Å². The first kappa shape index (κ1) is 8.29. The molecule has 0 amide bonds. The normalized spacial score (nSPS) is 11.0. The zero-order valence-corrected chi connectivity index (χ0v) is 8.32. The van der Waals surface area contributed by atoms with Crippen LogP contribution in [0.5, 0.6) is 5.75 Å². The van der Waals surface area contributed by atoms with Crippen LogP contribution in [-0.4, -0.2) is 17.1 Å². The maximum atomic E-state index is 5.30. The van der Waals surface area contributed by atoms with Gasteiger partial charge in [-0.25, -0.2) is 0 Å². The standard InChI is InChI=1S/C12H10N2O/c1-15-10-6-2-4-8-11-9(14-12(8)10)5-3-7-13-11/h2-7,14H,1H3. The van der Waals surface area contributed by atoms with E-state index in [1.54, 1.807) is 13.3 Å². The summed E-state index contributed by atoms with van der Waals surface area (Å²) in [6.45, 7) is 0. The average Bonchev–Trinajstić information content (AvgIpc) is 2.67. The second kappa shape index (κ2) is 2.98. The molecular weight excluding hydrogens is 188 g/mol. The lowest BCUT2D eigenvalue weighted by Crippen LogP contribution is -1.82. The number of aromatic nitrogens is 2. The molecule has 3 aromatic rings. The third-order valence-electron chi connectivity index (χ3n) is 2.57. The van der Waals surface area contributed by atoms with Gasteiger partial charge in [0.05, 0.1) is 23.7 Å². The summed E-state index contributed by atoms with van der Waals surface area (Å²) < 4.78 is 5.30. The van der Waals surface area contributed by atoms with E-state index in [0.717, 1.165) is 27.7 Å². The number of ether oxygens (including phenoxy) is 1. The molecule has 0 aliphatic carbocycles. The molecule has 1 aromatic carbocycles. The molecule has 74 valence electrons. The number of nitrogens with one attached hydrogen (secondary N) is 1. The van der Waals surface area contributed by atoms with Crippen LogP contribution in [0.25, 0.3) is 21.9 Å². The van der Waals surface area contributed by atoms with E-state index in [9.17, 15) is 0 Å². The molecule has 0 atom stereocenters. The molecule has 0 bridgehead atoms. The van der Waals surface area contributed by atoms with E-state index in [1.165, 1.54) is 0 Å². The van der Waals surface area contributed by atoms with E-state index >= 15 is 0 Å². The minimum atomic E-state index is 0.852. The first-order valence-corrected chi connectivity index (χ1v) is 4.79. The van der Waals surface area contributed by atoms with Crippen molar-refractivity contribution in [1.29, 1.82) is 0 Å². The second-order valence-corrected chi connectivity index (χ2v) is 3.41. The number of nitrogens with zero attached hydrogens (tertiary/aromatic N) is 1. The summed E-state index contributed by atoms with van der Waals surface area (Å²) in [5.74, 6) is 0.852. The summed E-state index contributed by atoms with van der Waals surface area (Å²) in [6, 6.07) is 9.90. The van der Waals surface area contributed by atoms with Gasteiger partial charge in [0.1, 0.15) is 5.75 Å². The van der Waals surface area contributed by atoms with Gasteiger partial charge in [-0.05, 0) is 18.2 Å². The molecular formula is C12H10N2O. The second-order valence-electron chi connectivity index (χ2n) is 3.41. The van der Waals surface area contributed by atoms with Gasteiger partial charge >= 0.3 is 0 Å². The van der Waals surface area contributed by atoms with Gasteiger partial charge in [0, 0.05) is 11.6 Å². The van der Waals surface area contributed by atoms with E-state index in [2.05, 4.69) is 9.97 Å². The highest BCUT2D eigenvalue weighted by atomic mass is 16.5. The number of hydrogen-bond donors (Lipinski definition) is 1. The number of methoxy groups -OCH3 is 1. The van der Waals surface area contributed by atoms with Crippen molar-refractivity contribution >= 4 is 21.9 Å². The lowest BCUT2D eigenvalue weighted by Gasteiger charge is -1.99. The van der Waals surface area contributed by atoms with Gasteiger partial charge in [-0.15, -0.1) is 0 Å². The van der Waals surface area contributed by atoms with Crippen LogP contribution < -0.4 is 4.74 Å². The SMILES string of the molecule is COc1cccc2c1[nH]c1cccnc12. The Hall–Kier alpha value is -2.03. The Balaban J connectivity index is 2.53. The first-order valence-electron chi connectivity index (χ1n) is 4.79. The van der Waals surface area contributed by atoms with Crippen LogP contribution in [0, 0.1) is 0 Å². The van der Waals surface area contributed by atoms with E-state index < -0.39 is 0 Å². The minimum absolute atomic E-state index is 0.852. The maximum Gasteiger partial charge on any atom is 0.143 e.